The number of hydrazone groups is 1. The van der Waals surface area contributed by atoms with Crippen LogP contribution in [0.3, 0.4) is 0 Å². The first kappa shape index (κ1) is 10.5. The highest BCUT2D eigenvalue weighted by molar-refractivity contribution is 9.10. The third-order valence-electron chi connectivity index (χ3n) is 2.65. The van der Waals surface area contributed by atoms with Gasteiger partial charge in [0.1, 0.15) is 0 Å². The Hall–Kier alpha value is -1.03. The fourth-order valence-electron chi connectivity index (χ4n) is 1.94. The van der Waals surface area contributed by atoms with Gasteiger partial charge < -0.3 is 10.7 Å². The topological polar surface area (TPSA) is 41.6 Å². The van der Waals surface area contributed by atoms with Crippen molar-refractivity contribution in [3.63, 3.8) is 0 Å². The summed E-state index contributed by atoms with van der Waals surface area (Å²) in [5.41, 5.74) is 2.30. The van der Waals surface area contributed by atoms with Crippen LogP contribution in [-0.4, -0.2) is 19.3 Å². The van der Waals surface area contributed by atoms with E-state index in [2.05, 4.69) is 32.0 Å². The fourth-order valence-corrected chi connectivity index (χ4v) is 2.29. The summed E-state index contributed by atoms with van der Waals surface area (Å²) >= 11 is 3.49. The summed E-state index contributed by atoms with van der Waals surface area (Å²) < 4.78 is 1.10. The van der Waals surface area contributed by atoms with Gasteiger partial charge >= 0.3 is 0 Å². The molecule has 0 amide bonds. The van der Waals surface area contributed by atoms with Crippen LogP contribution in [-0.2, 0) is 0 Å². The molecule has 80 valence electrons. The minimum Gasteiger partial charge on any atom is -0.371 e. The van der Waals surface area contributed by atoms with Crippen LogP contribution in [0, 0.1) is 0 Å². The molecule has 15 heavy (non-hydrogen) atoms. The van der Waals surface area contributed by atoms with Crippen LogP contribution >= 0.6 is 15.9 Å². The SMILES string of the molecule is NN=Cc1ccc(Br)cc1N1CCCC1. The lowest BCUT2D eigenvalue weighted by atomic mass is 10.2. The lowest BCUT2D eigenvalue weighted by Crippen LogP contribution is -2.19. The van der Waals surface area contributed by atoms with E-state index in [0.29, 0.717) is 0 Å². The molecule has 1 aliphatic heterocycles. The molecule has 2 N–H and O–H groups in total. The highest BCUT2D eigenvalue weighted by atomic mass is 79.9. The summed E-state index contributed by atoms with van der Waals surface area (Å²) in [6, 6.07) is 6.17. The Bertz CT molecular complexity index is 370. The number of hydrogen-bond donors (Lipinski definition) is 1. The maximum absolute atomic E-state index is 5.21. The lowest BCUT2D eigenvalue weighted by molar-refractivity contribution is 0.949. The molecule has 1 saturated heterocycles. The quantitative estimate of drug-likeness (QED) is 0.508. The number of hydrogen-bond acceptors (Lipinski definition) is 3. The van der Waals surface area contributed by atoms with Gasteiger partial charge in [0.05, 0.1) is 6.21 Å². The summed E-state index contributed by atoms with van der Waals surface area (Å²) in [5.74, 6) is 5.21. The fraction of sp³-hybridized carbons (Fsp3) is 0.364. The monoisotopic (exact) mass is 267 g/mol. The highest BCUT2D eigenvalue weighted by Crippen LogP contribution is 2.27. The van der Waals surface area contributed by atoms with Gasteiger partial charge in [-0.1, -0.05) is 22.0 Å². The summed E-state index contributed by atoms with van der Waals surface area (Å²) in [7, 11) is 0. The zero-order valence-corrected chi connectivity index (χ0v) is 10.1. The van der Waals surface area contributed by atoms with Gasteiger partial charge in [0.15, 0.2) is 0 Å². The summed E-state index contributed by atoms with van der Waals surface area (Å²) in [6.45, 7) is 2.25. The van der Waals surface area contributed by atoms with Crippen molar-refractivity contribution in [1.82, 2.24) is 0 Å². The molecule has 0 saturated carbocycles. The molecule has 0 spiro atoms. The van der Waals surface area contributed by atoms with Gasteiger partial charge in [-0.2, -0.15) is 5.10 Å². The molecule has 3 nitrogen and oxygen atoms in total. The van der Waals surface area contributed by atoms with Gasteiger partial charge in [-0.15, -0.1) is 0 Å². The molecule has 0 radical (unpaired) electrons. The first-order valence-electron chi connectivity index (χ1n) is 5.09. The maximum atomic E-state index is 5.21. The molecule has 0 aromatic heterocycles. The van der Waals surface area contributed by atoms with Crippen molar-refractivity contribution in [1.29, 1.82) is 0 Å². The Morgan fingerprint density at radius 2 is 2.07 bits per heavy atom. The van der Waals surface area contributed by atoms with Gasteiger partial charge in [0.25, 0.3) is 0 Å². The first-order chi connectivity index (χ1) is 7.31. The van der Waals surface area contributed by atoms with E-state index in [1.807, 2.05) is 12.1 Å². The normalized spacial score (nSPS) is 16.5. The number of halogens is 1. The summed E-state index contributed by atoms with van der Waals surface area (Å²) in [6.07, 6.45) is 4.25. The number of anilines is 1. The molecular formula is C11H14BrN3. The van der Waals surface area contributed by atoms with Crippen LogP contribution in [0.4, 0.5) is 5.69 Å². The largest absolute Gasteiger partial charge is 0.371 e. The molecule has 4 heteroatoms. The molecule has 0 unspecified atom stereocenters. The maximum Gasteiger partial charge on any atom is 0.0558 e. The average molecular weight is 268 g/mol. The minimum atomic E-state index is 1.09. The van der Waals surface area contributed by atoms with Crippen LogP contribution in [0.25, 0.3) is 0 Å². The number of nitrogens with zero attached hydrogens (tertiary/aromatic N) is 2. The molecule has 0 atom stereocenters. The van der Waals surface area contributed by atoms with Crippen LogP contribution in [0.15, 0.2) is 27.8 Å². The standard InChI is InChI=1S/C11H14BrN3/c12-10-4-3-9(8-14-13)11(7-10)15-5-1-2-6-15/h3-4,7-8H,1-2,5-6,13H2. The van der Waals surface area contributed by atoms with E-state index in [1.165, 1.54) is 18.5 Å². The molecule has 2 rings (SSSR count). The van der Waals surface area contributed by atoms with E-state index in [4.69, 9.17) is 5.84 Å². The van der Waals surface area contributed by atoms with E-state index < -0.39 is 0 Å². The molecule has 1 fully saturated rings. The van der Waals surface area contributed by atoms with Gasteiger partial charge in [0.2, 0.25) is 0 Å². The van der Waals surface area contributed by atoms with Gasteiger partial charge in [-0.25, -0.2) is 0 Å². The van der Waals surface area contributed by atoms with E-state index in [-0.39, 0.29) is 0 Å². The van der Waals surface area contributed by atoms with Crippen molar-refractivity contribution in [3.8, 4) is 0 Å². The third-order valence-corrected chi connectivity index (χ3v) is 3.15. The second kappa shape index (κ2) is 4.66. The highest BCUT2D eigenvalue weighted by Gasteiger charge is 2.15. The third kappa shape index (κ3) is 2.31. The first-order valence-corrected chi connectivity index (χ1v) is 5.88. The van der Waals surface area contributed by atoms with E-state index >= 15 is 0 Å². The van der Waals surface area contributed by atoms with Crippen molar-refractivity contribution in [2.45, 2.75) is 12.8 Å². The van der Waals surface area contributed by atoms with Gasteiger partial charge in [0, 0.05) is 28.8 Å². The van der Waals surface area contributed by atoms with E-state index in [1.54, 1.807) is 6.21 Å². The Kier molecular flexibility index (Phi) is 3.26. The lowest BCUT2D eigenvalue weighted by Gasteiger charge is -2.20. The van der Waals surface area contributed by atoms with Crippen molar-refractivity contribution >= 4 is 27.8 Å². The number of rotatable bonds is 2. The average Bonchev–Trinajstić information content (AvgIpc) is 2.74. The van der Waals surface area contributed by atoms with Gasteiger partial charge in [-0.05, 0) is 25.0 Å². The molecule has 0 bridgehead atoms. The number of nitrogens with two attached hydrogens (primary N) is 1. The van der Waals surface area contributed by atoms with Crippen molar-refractivity contribution in [2.24, 2.45) is 10.9 Å². The second-order valence-electron chi connectivity index (χ2n) is 3.68. The molecule has 1 aromatic rings. The molecule has 1 aliphatic rings. The molecule has 1 heterocycles. The van der Waals surface area contributed by atoms with Crippen LogP contribution in [0.2, 0.25) is 0 Å². The Morgan fingerprint density at radius 3 is 2.73 bits per heavy atom. The Balaban J connectivity index is 2.37. The van der Waals surface area contributed by atoms with Crippen molar-refractivity contribution in [3.05, 3.63) is 28.2 Å². The predicted molar refractivity (Wildman–Crippen MR) is 67.4 cm³/mol. The van der Waals surface area contributed by atoms with Gasteiger partial charge in [-0.3, -0.25) is 0 Å². The molecule has 1 aromatic carbocycles. The van der Waals surface area contributed by atoms with E-state index in [9.17, 15) is 0 Å². The Labute approximate surface area is 98.1 Å². The van der Waals surface area contributed by atoms with Crippen LogP contribution in [0.5, 0.6) is 0 Å². The second-order valence-corrected chi connectivity index (χ2v) is 4.59. The van der Waals surface area contributed by atoms with Crippen molar-refractivity contribution in [2.75, 3.05) is 18.0 Å². The minimum absolute atomic E-state index is 1.09. The molecule has 0 aliphatic carbocycles. The summed E-state index contributed by atoms with van der Waals surface area (Å²) in [5, 5.41) is 3.60. The van der Waals surface area contributed by atoms with Crippen molar-refractivity contribution < 1.29 is 0 Å². The number of benzene rings is 1. The zero-order valence-electron chi connectivity index (χ0n) is 8.49. The zero-order chi connectivity index (χ0) is 10.7. The smallest absolute Gasteiger partial charge is 0.0558 e. The predicted octanol–water partition coefficient (Wildman–Crippen LogP) is 2.34. The Morgan fingerprint density at radius 1 is 1.33 bits per heavy atom. The van der Waals surface area contributed by atoms with Crippen LogP contribution in [0.1, 0.15) is 18.4 Å². The van der Waals surface area contributed by atoms with Crippen LogP contribution < -0.4 is 10.7 Å². The van der Waals surface area contributed by atoms with E-state index in [0.717, 1.165) is 23.1 Å². The summed E-state index contributed by atoms with van der Waals surface area (Å²) in [4.78, 5) is 2.38. The molecular weight excluding hydrogens is 254 g/mol.